The van der Waals surface area contributed by atoms with Crippen LogP contribution in [0.1, 0.15) is 0 Å². The molecule has 2 heteroatoms. The van der Waals surface area contributed by atoms with Crippen molar-refractivity contribution >= 4 is 70.1 Å². The van der Waals surface area contributed by atoms with E-state index in [-0.39, 0.29) is 0 Å². The molecule has 0 unspecified atom stereocenters. The van der Waals surface area contributed by atoms with Gasteiger partial charge in [0, 0.05) is 37.2 Å². The fraction of sp³-hybridized carbons (Fsp3) is 0. The molecule has 0 saturated carbocycles. The van der Waals surface area contributed by atoms with Gasteiger partial charge < -0.3 is 4.90 Å². The molecule has 0 atom stereocenters. The van der Waals surface area contributed by atoms with Crippen LogP contribution in [0.4, 0.5) is 17.1 Å². The van der Waals surface area contributed by atoms with Crippen molar-refractivity contribution in [1.29, 1.82) is 0 Å². The highest BCUT2D eigenvalue weighted by Gasteiger charge is 2.15. The number of rotatable bonds is 7. The second-order valence-electron chi connectivity index (χ2n) is 15.0. The van der Waals surface area contributed by atoms with Gasteiger partial charge in [-0.25, -0.2) is 0 Å². The van der Waals surface area contributed by atoms with Crippen LogP contribution in [-0.2, 0) is 0 Å². The van der Waals surface area contributed by atoms with Crippen LogP contribution in [0.3, 0.4) is 0 Å². The lowest BCUT2D eigenvalue weighted by Gasteiger charge is -2.26. The normalized spacial score (nSPS) is 11.4. The third kappa shape index (κ3) is 6.30. The van der Waals surface area contributed by atoms with Crippen LogP contribution in [-0.4, -0.2) is 0 Å². The highest BCUT2D eigenvalue weighted by molar-refractivity contribution is 7.25. The summed E-state index contributed by atoms with van der Waals surface area (Å²) in [6.45, 7) is 0. The summed E-state index contributed by atoms with van der Waals surface area (Å²) in [5, 5.41) is 7.67. The van der Waals surface area contributed by atoms with E-state index in [0.29, 0.717) is 0 Å². The Hall–Kier alpha value is -7.26. The summed E-state index contributed by atoms with van der Waals surface area (Å²) in [7, 11) is 0. The van der Waals surface area contributed by atoms with Crippen molar-refractivity contribution in [2.24, 2.45) is 0 Å². The second kappa shape index (κ2) is 14.4. The van der Waals surface area contributed by atoms with Crippen molar-refractivity contribution in [3.8, 4) is 44.5 Å². The van der Waals surface area contributed by atoms with Crippen LogP contribution in [0.25, 0.3) is 86.2 Å². The van der Waals surface area contributed by atoms with E-state index in [1.807, 2.05) is 11.3 Å². The molecule has 0 amide bonds. The maximum atomic E-state index is 2.36. The Morgan fingerprint density at radius 1 is 0.241 bits per heavy atom. The first kappa shape index (κ1) is 34.0. The molecule has 0 radical (unpaired) electrons. The molecule has 1 aromatic heterocycles. The highest BCUT2D eigenvalue weighted by atomic mass is 32.1. The molecule has 0 spiro atoms. The Bertz CT molecular complexity index is 3270. The molecule has 0 aliphatic carbocycles. The van der Waals surface area contributed by atoms with E-state index in [2.05, 4.69) is 229 Å². The molecular formula is C56H37NS. The van der Waals surface area contributed by atoms with Gasteiger partial charge in [0.25, 0.3) is 0 Å². The maximum Gasteiger partial charge on any atom is 0.0462 e. The fourth-order valence-electron chi connectivity index (χ4n) is 8.38. The molecule has 0 aliphatic heterocycles. The van der Waals surface area contributed by atoms with E-state index in [1.165, 1.54) is 86.2 Å². The van der Waals surface area contributed by atoms with Gasteiger partial charge in [0.1, 0.15) is 0 Å². The summed E-state index contributed by atoms with van der Waals surface area (Å²) < 4.78 is 2.65. The van der Waals surface area contributed by atoms with Crippen molar-refractivity contribution in [3.05, 3.63) is 224 Å². The predicted molar refractivity (Wildman–Crippen MR) is 251 cm³/mol. The molecule has 272 valence electrons. The van der Waals surface area contributed by atoms with Gasteiger partial charge in [-0.3, -0.25) is 0 Å². The number of fused-ring (bicyclic) bond motifs is 5. The number of benzene rings is 10. The Morgan fingerprint density at radius 2 is 0.638 bits per heavy atom. The quantitative estimate of drug-likeness (QED) is 0.157. The van der Waals surface area contributed by atoms with E-state index in [1.54, 1.807) is 0 Å². The smallest absolute Gasteiger partial charge is 0.0462 e. The van der Waals surface area contributed by atoms with Crippen molar-refractivity contribution < 1.29 is 0 Å². The first-order valence-electron chi connectivity index (χ1n) is 19.8. The molecule has 11 aromatic rings. The van der Waals surface area contributed by atoms with Crippen LogP contribution in [0.5, 0.6) is 0 Å². The SMILES string of the molecule is c1cc(-c2ccc(N(c3ccc(-c4ccc5ccccc5c4)cc3)c3ccc(-c4ccc5c(c4)sc4ccccc45)cc3)cc2)cc(-c2ccc3ccccc3c2)c1. The zero-order chi connectivity index (χ0) is 38.4. The molecule has 58 heavy (non-hydrogen) atoms. The van der Waals surface area contributed by atoms with Gasteiger partial charge >= 0.3 is 0 Å². The lowest BCUT2D eigenvalue weighted by molar-refractivity contribution is 1.28. The number of hydrogen-bond donors (Lipinski definition) is 0. The van der Waals surface area contributed by atoms with Gasteiger partial charge in [-0.05, 0) is 133 Å². The van der Waals surface area contributed by atoms with Crippen LogP contribution < -0.4 is 4.90 Å². The molecular weight excluding hydrogens is 719 g/mol. The topological polar surface area (TPSA) is 3.24 Å². The minimum absolute atomic E-state index is 1.10. The van der Waals surface area contributed by atoms with E-state index < -0.39 is 0 Å². The molecule has 10 aromatic carbocycles. The summed E-state index contributed by atoms with van der Waals surface area (Å²) in [4.78, 5) is 2.36. The average molecular weight is 756 g/mol. The van der Waals surface area contributed by atoms with E-state index >= 15 is 0 Å². The Kier molecular flexibility index (Phi) is 8.42. The lowest BCUT2D eigenvalue weighted by Crippen LogP contribution is -2.09. The third-order valence-corrected chi connectivity index (χ3v) is 12.6. The number of anilines is 3. The summed E-state index contributed by atoms with van der Waals surface area (Å²) in [6.07, 6.45) is 0. The summed E-state index contributed by atoms with van der Waals surface area (Å²) in [6, 6.07) is 82.0. The Balaban J connectivity index is 0.943. The van der Waals surface area contributed by atoms with E-state index in [4.69, 9.17) is 0 Å². The van der Waals surface area contributed by atoms with E-state index in [9.17, 15) is 0 Å². The molecule has 11 rings (SSSR count). The third-order valence-electron chi connectivity index (χ3n) is 11.5. The van der Waals surface area contributed by atoms with E-state index in [0.717, 1.165) is 17.1 Å². The lowest BCUT2D eigenvalue weighted by atomic mass is 9.97. The van der Waals surface area contributed by atoms with Crippen molar-refractivity contribution in [2.75, 3.05) is 4.90 Å². The fourth-order valence-corrected chi connectivity index (χ4v) is 9.52. The zero-order valence-corrected chi connectivity index (χ0v) is 32.5. The van der Waals surface area contributed by atoms with Crippen LogP contribution in [0, 0.1) is 0 Å². The molecule has 0 bridgehead atoms. The van der Waals surface area contributed by atoms with Crippen LogP contribution in [0.2, 0.25) is 0 Å². The van der Waals surface area contributed by atoms with Crippen LogP contribution in [0.15, 0.2) is 224 Å². The minimum atomic E-state index is 1.10. The first-order valence-corrected chi connectivity index (χ1v) is 20.6. The maximum absolute atomic E-state index is 2.36. The van der Waals surface area contributed by atoms with Gasteiger partial charge in [0.2, 0.25) is 0 Å². The van der Waals surface area contributed by atoms with Gasteiger partial charge in [0.05, 0.1) is 0 Å². The van der Waals surface area contributed by atoms with Gasteiger partial charge in [0.15, 0.2) is 0 Å². The average Bonchev–Trinajstić information content (AvgIpc) is 3.68. The molecule has 1 heterocycles. The summed E-state index contributed by atoms with van der Waals surface area (Å²) >= 11 is 1.86. The van der Waals surface area contributed by atoms with Crippen LogP contribution >= 0.6 is 11.3 Å². The molecule has 0 aliphatic rings. The largest absolute Gasteiger partial charge is 0.311 e. The Labute approximate surface area is 342 Å². The summed E-state index contributed by atoms with van der Waals surface area (Å²) in [5.74, 6) is 0. The molecule has 0 fully saturated rings. The number of hydrogen-bond acceptors (Lipinski definition) is 2. The predicted octanol–water partition coefficient (Wildman–Crippen LogP) is 16.5. The van der Waals surface area contributed by atoms with Crippen molar-refractivity contribution in [2.45, 2.75) is 0 Å². The van der Waals surface area contributed by atoms with Gasteiger partial charge in [-0.15, -0.1) is 11.3 Å². The first-order chi connectivity index (χ1) is 28.7. The molecule has 0 N–H and O–H groups in total. The van der Waals surface area contributed by atoms with Crippen molar-refractivity contribution in [3.63, 3.8) is 0 Å². The minimum Gasteiger partial charge on any atom is -0.311 e. The summed E-state index contributed by atoms with van der Waals surface area (Å²) in [5.41, 5.74) is 13.0. The van der Waals surface area contributed by atoms with Crippen molar-refractivity contribution in [1.82, 2.24) is 0 Å². The zero-order valence-electron chi connectivity index (χ0n) is 31.7. The number of nitrogens with zero attached hydrogens (tertiary/aromatic N) is 1. The molecule has 0 saturated heterocycles. The Morgan fingerprint density at radius 3 is 1.21 bits per heavy atom. The monoisotopic (exact) mass is 755 g/mol. The van der Waals surface area contributed by atoms with Gasteiger partial charge in [-0.1, -0.05) is 158 Å². The standard InChI is InChI=1S/C56H37NS/c1-3-10-43-35-47(18-16-38(43)8-1)41-22-29-51(30-23-41)57(52-31-24-42(25-32-52)49-26-33-54-53-14-5-6-15-55(53)58-56(54)37-49)50-27-20-40(21-28-50)45-12-7-13-46(34-45)48-19-17-39-9-2-4-11-44(39)36-48/h1-37H. The number of thiophene rings is 1. The second-order valence-corrected chi connectivity index (χ2v) is 16.1. The molecule has 1 nitrogen and oxygen atoms in total. The van der Waals surface area contributed by atoms with Gasteiger partial charge in [-0.2, -0.15) is 0 Å². The highest BCUT2D eigenvalue weighted by Crippen LogP contribution is 2.40.